The van der Waals surface area contributed by atoms with E-state index in [0.717, 1.165) is 0 Å². The highest BCUT2D eigenvalue weighted by atomic mass is 16.5. The molecule has 3 saturated carbocycles. The number of carbonyl (C=O) groups excluding carboxylic acids is 2. The molecule has 3 rings (SSSR count). The lowest BCUT2D eigenvalue weighted by Crippen LogP contribution is -2.69. The van der Waals surface area contributed by atoms with Gasteiger partial charge in [0.1, 0.15) is 16.8 Å². The van der Waals surface area contributed by atoms with Crippen molar-refractivity contribution in [3.05, 3.63) is 35.6 Å². The average molecular weight is 320 g/mol. The van der Waals surface area contributed by atoms with Gasteiger partial charge in [-0.1, -0.05) is 18.2 Å². The van der Waals surface area contributed by atoms with Gasteiger partial charge in [-0.3, -0.25) is 9.59 Å². The topological polar surface area (TPSA) is 83.8 Å². The van der Waals surface area contributed by atoms with Crippen LogP contribution in [-0.2, 0) is 14.3 Å². The lowest BCUT2D eigenvalue weighted by molar-refractivity contribution is -0.186. The standard InChI is InChI=1S/C18H24O5/c1-5-7-8-9-12(19)14-11-10-13(23-6-2)17(3,15(14)20)16(21)18(11,4)22/h5,7-9,11,13,19,22H,6,10H2,1-4H3/b7-5+,9-8+,14-12-/t11-,13-,17+,18+/m0/s1. The van der Waals surface area contributed by atoms with Crippen molar-refractivity contribution in [2.45, 2.75) is 45.8 Å². The SMILES string of the molecule is C/C=C/C=C/C(O)=C1/C(=O)[C@]2(C)C(=O)[C@](C)(O)[C@H]1C[C@@H]2OCC. The fraction of sp³-hybridized carbons (Fsp3) is 0.556. The van der Waals surface area contributed by atoms with Crippen LogP contribution in [-0.4, -0.2) is 40.1 Å². The first-order chi connectivity index (χ1) is 10.7. The Kier molecular flexibility index (Phi) is 4.64. The van der Waals surface area contributed by atoms with Gasteiger partial charge < -0.3 is 14.9 Å². The van der Waals surface area contributed by atoms with Gasteiger partial charge in [-0.15, -0.1) is 0 Å². The van der Waals surface area contributed by atoms with Crippen LogP contribution >= 0.6 is 0 Å². The van der Waals surface area contributed by atoms with E-state index in [9.17, 15) is 19.8 Å². The molecule has 2 bridgehead atoms. The van der Waals surface area contributed by atoms with Crippen molar-refractivity contribution in [1.82, 2.24) is 0 Å². The van der Waals surface area contributed by atoms with Crippen molar-refractivity contribution >= 4 is 11.6 Å². The molecule has 23 heavy (non-hydrogen) atoms. The lowest BCUT2D eigenvalue weighted by Gasteiger charge is -2.54. The molecule has 0 aromatic rings. The van der Waals surface area contributed by atoms with E-state index in [4.69, 9.17) is 4.74 Å². The van der Waals surface area contributed by atoms with Crippen LogP contribution in [0.2, 0.25) is 0 Å². The number of ether oxygens (including phenoxy) is 1. The molecule has 3 fully saturated rings. The van der Waals surface area contributed by atoms with Crippen LogP contribution in [0.25, 0.3) is 0 Å². The van der Waals surface area contributed by atoms with Crippen LogP contribution < -0.4 is 0 Å². The Morgan fingerprint density at radius 1 is 1.35 bits per heavy atom. The highest BCUT2D eigenvalue weighted by Crippen LogP contribution is 2.54. The maximum Gasteiger partial charge on any atom is 0.180 e. The second kappa shape index (κ2) is 6.06. The van der Waals surface area contributed by atoms with Gasteiger partial charge in [-0.05, 0) is 40.2 Å². The summed E-state index contributed by atoms with van der Waals surface area (Å²) in [4.78, 5) is 25.6. The number of aliphatic hydroxyl groups excluding tert-OH is 1. The number of ketones is 2. The molecule has 126 valence electrons. The summed E-state index contributed by atoms with van der Waals surface area (Å²) in [7, 11) is 0. The molecule has 0 aliphatic heterocycles. The number of carbonyl (C=O) groups is 2. The zero-order valence-electron chi connectivity index (χ0n) is 14.0. The Morgan fingerprint density at radius 2 is 2.00 bits per heavy atom. The quantitative estimate of drug-likeness (QED) is 0.359. The normalized spacial score (nSPS) is 39.7. The summed E-state index contributed by atoms with van der Waals surface area (Å²) < 4.78 is 5.59. The van der Waals surface area contributed by atoms with Gasteiger partial charge in [0.15, 0.2) is 11.6 Å². The molecular formula is C18H24O5. The Morgan fingerprint density at radius 3 is 2.57 bits per heavy atom. The molecule has 0 spiro atoms. The van der Waals surface area contributed by atoms with Crippen LogP contribution in [0.15, 0.2) is 35.6 Å². The molecule has 0 aromatic heterocycles. The van der Waals surface area contributed by atoms with Gasteiger partial charge >= 0.3 is 0 Å². The highest BCUT2D eigenvalue weighted by molar-refractivity contribution is 6.21. The maximum atomic E-state index is 12.9. The molecule has 0 unspecified atom stereocenters. The third-order valence-electron chi connectivity index (χ3n) is 4.97. The molecule has 5 nitrogen and oxygen atoms in total. The summed E-state index contributed by atoms with van der Waals surface area (Å²) in [5.74, 6) is -1.95. The number of Topliss-reactive ketones (excluding diaryl/α,β-unsaturated/α-hetero) is 2. The fourth-order valence-corrected chi connectivity index (χ4v) is 3.67. The van der Waals surface area contributed by atoms with Gasteiger partial charge in [-0.2, -0.15) is 0 Å². The highest BCUT2D eigenvalue weighted by Gasteiger charge is 2.68. The van der Waals surface area contributed by atoms with E-state index in [0.29, 0.717) is 13.0 Å². The molecule has 4 atom stereocenters. The van der Waals surface area contributed by atoms with Crippen molar-refractivity contribution in [2.75, 3.05) is 6.61 Å². The van der Waals surface area contributed by atoms with E-state index < -0.39 is 34.6 Å². The van der Waals surface area contributed by atoms with E-state index in [-0.39, 0.29) is 11.3 Å². The zero-order valence-corrected chi connectivity index (χ0v) is 14.0. The molecule has 3 aliphatic rings. The molecular weight excluding hydrogens is 296 g/mol. The average Bonchev–Trinajstić information content (AvgIpc) is 2.49. The van der Waals surface area contributed by atoms with E-state index >= 15 is 0 Å². The molecule has 3 aliphatic carbocycles. The predicted molar refractivity (Wildman–Crippen MR) is 85.9 cm³/mol. The predicted octanol–water partition coefficient (Wildman–Crippen LogP) is 2.26. The third-order valence-corrected chi connectivity index (χ3v) is 4.97. The minimum atomic E-state index is -1.69. The summed E-state index contributed by atoms with van der Waals surface area (Å²) in [5.41, 5.74) is -3.03. The second-order valence-electron chi connectivity index (χ2n) is 6.42. The van der Waals surface area contributed by atoms with Crippen LogP contribution in [0.4, 0.5) is 0 Å². The Labute approximate surface area is 136 Å². The van der Waals surface area contributed by atoms with Gasteiger partial charge in [0, 0.05) is 18.1 Å². The molecule has 0 heterocycles. The lowest BCUT2D eigenvalue weighted by atomic mass is 9.50. The smallest absolute Gasteiger partial charge is 0.180 e. The van der Waals surface area contributed by atoms with Crippen molar-refractivity contribution in [3.63, 3.8) is 0 Å². The Hall–Kier alpha value is -1.72. The molecule has 2 N–H and O–H groups in total. The summed E-state index contributed by atoms with van der Waals surface area (Å²) >= 11 is 0. The molecule has 0 amide bonds. The second-order valence-corrected chi connectivity index (χ2v) is 6.42. The number of hydrogen-bond donors (Lipinski definition) is 2. The first kappa shape index (κ1) is 17.6. The number of allylic oxidation sites excluding steroid dienone is 4. The van der Waals surface area contributed by atoms with Gasteiger partial charge in [-0.25, -0.2) is 0 Å². The Balaban J connectivity index is 2.57. The van der Waals surface area contributed by atoms with Crippen LogP contribution in [0.1, 0.15) is 34.1 Å². The fourth-order valence-electron chi connectivity index (χ4n) is 3.67. The number of aliphatic hydroxyl groups is 2. The maximum absolute atomic E-state index is 12.9. The van der Waals surface area contributed by atoms with Crippen molar-refractivity contribution in [3.8, 4) is 0 Å². The third kappa shape index (κ3) is 2.48. The molecule has 0 aromatic carbocycles. The summed E-state index contributed by atoms with van der Waals surface area (Å²) in [6.45, 7) is 6.93. The first-order valence-electron chi connectivity index (χ1n) is 7.89. The van der Waals surface area contributed by atoms with E-state index in [2.05, 4.69) is 0 Å². The number of rotatable bonds is 4. The molecule has 5 heteroatoms. The van der Waals surface area contributed by atoms with Crippen molar-refractivity contribution in [1.29, 1.82) is 0 Å². The van der Waals surface area contributed by atoms with E-state index in [1.54, 1.807) is 25.2 Å². The van der Waals surface area contributed by atoms with Gasteiger partial charge in [0.05, 0.1) is 6.10 Å². The first-order valence-corrected chi connectivity index (χ1v) is 7.89. The van der Waals surface area contributed by atoms with Gasteiger partial charge in [0.2, 0.25) is 0 Å². The van der Waals surface area contributed by atoms with Crippen molar-refractivity contribution in [2.24, 2.45) is 11.3 Å². The molecule has 0 radical (unpaired) electrons. The van der Waals surface area contributed by atoms with Crippen LogP contribution in [0, 0.1) is 11.3 Å². The number of hydrogen-bond acceptors (Lipinski definition) is 5. The monoisotopic (exact) mass is 320 g/mol. The minimum Gasteiger partial charge on any atom is -0.508 e. The van der Waals surface area contributed by atoms with Crippen LogP contribution in [0.3, 0.4) is 0 Å². The minimum absolute atomic E-state index is 0.119. The van der Waals surface area contributed by atoms with Gasteiger partial charge in [0.25, 0.3) is 0 Å². The van der Waals surface area contributed by atoms with Crippen LogP contribution in [0.5, 0.6) is 0 Å². The zero-order chi connectivity index (χ0) is 17.4. The van der Waals surface area contributed by atoms with E-state index in [1.165, 1.54) is 19.9 Å². The summed E-state index contributed by atoms with van der Waals surface area (Å²) in [6, 6.07) is 0. The van der Waals surface area contributed by atoms with Crippen molar-refractivity contribution < 1.29 is 24.5 Å². The summed E-state index contributed by atoms with van der Waals surface area (Å²) in [6.07, 6.45) is 6.27. The Bertz CT molecular complexity index is 611. The largest absolute Gasteiger partial charge is 0.508 e. The summed E-state index contributed by atoms with van der Waals surface area (Å²) in [5, 5.41) is 21.0. The molecule has 0 saturated heterocycles. The number of fused-ring (bicyclic) bond motifs is 3. The van der Waals surface area contributed by atoms with E-state index in [1.807, 2.05) is 6.92 Å².